The van der Waals surface area contributed by atoms with Crippen LogP contribution in [0.1, 0.15) is 43.0 Å². The highest BCUT2D eigenvalue weighted by atomic mass is 19.1. The van der Waals surface area contributed by atoms with Crippen molar-refractivity contribution in [2.45, 2.75) is 32.6 Å². The van der Waals surface area contributed by atoms with E-state index in [1.807, 2.05) is 4.90 Å². The first kappa shape index (κ1) is 23.9. The summed E-state index contributed by atoms with van der Waals surface area (Å²) in [7, 11) is 0. The van der Waals surface area contributed by atoms with Gasteiger partial charge >= 0.3 is 5.97 Å². The number of aromatic nitrogens is 1. The Kier molecular flexibility index (Phi) is 7.26. The number of hydrogen-bond donors (Lipinski definition) is 1. The van der Waals surface area contributed by atoms with Crippen LogP contribution in [-0.2, 0) is 0 Å². The number of piperazine rings is 1. The molecule has 1 aromatic heterocycles. The van der Waals surface area contributed by atoms with Crippen LogP contribution >= 0.6 is 0 Å². The number of halogens is 2. The van der Waals surface area contributed by atoms with Crippen molar-refractivity contribution in [3.05, 3.63) is 70.0 Å². The summed E-state index contributed by atoms with van der Waals surface area (Å²) < 4.78 is 30.2. The topological polar surface area (TPSA) is 65.8 Å². The van der Waals surface area contributed by atoms with E-state index in [2.05, 4.69) is 11.8 Å². The first-order valence-electron chi connectivity index (χ1n) is 11.7. The van der Waals surface area contributed by atoms with Crippen LogP contribution in [0.25, 0.3) is 16.6 Å². The normalized spacial score (nSPS) is 14.6. The molecule has 1 aliphatic heterocycles. The second-order valence-corrected chi connectivity index (χ2v) is 8.73. The van der Waals surface area contributed by atoms with Crippen LogP contribution in [0.2, 0.25) is 0 Å². The van der Waals surface area contributed by atoms with Gasteiger partial charge in [0.05, 0.1) is 11.2 Å². The van der Waals surface area contributed by atoms with E-state index in [-0.39, 0.29) is 5.39 Å². The Balaban J connectivity index is 1.69. The quantitative estimate of drug-likeness (QED) is 0.486. The Morgan fingerprint density at radius 2 is 1.71 bits per heavy atom. The minimum Gasteiger partial charge on any atom is -0.477 e. The molecule has 180 valence electrons. The third kappa shape index (κ3) is 4.97. The van der Waals surface area contributed by atoms with Crippen LogP contribution in [0.4, 0.5) is 14.5 Å². The van der Waals surface area contributed by atoms with Gasteiger partial charge in [0.2, 0.25) is 5.43 Å². The molecule has 2 aromatic carbocycles. The van der Waals surface area contributed by atoms with Crippen molar-refractivity contribution in [2.24, 2.45) is 0 Å². The van der Waals surface area contributed by atoms with Gasteiger partial charge in [-0.2, -0.15) is 0 Å². The first-order chi connectivity index (χ1) is 16.4. The smallest absolute Gasteiger partial charge is 0.341 e. The summed E-state index contributed by atoms with van der Waals surface area (Å²) in [6, 6.07) is 8.21. The van der Waals surface area contributed by atoms with Gasteiger partial charge in [0.1, 0.15) is 17.2 Å². The Hall–Kier alpha value is -3.26. The number of rotatable bonds is 8. The predicted octanol–water partition coefficient (Wildman–Crippen LogP) is 4.67. The fraction of sp³-hybridized carbons (Fsp3) is 0.385. The predicted molar refractivity (Wildman–Crippen MR) is 129 cm³/mol. The lowest BCUT2D eigenvalue weighted by Gasteiger charge is -2.36. The first-order valence-corrected chi connectivity index (χ1v) is 11.7. The second kappa shape index (κ2) is 10.3. The summed E-state index contributed by atoms with van der Waals surface area (Å²) >= 11 is 0. The van der Waals surface area contributed by atoms with E-state index in [0.29, 0.717) is 30.0 Å². The lowest BCUT2D eigenvalue weighted by Crippen LogP contribution is -2.47. The molecule has 3 aromatic rings. The van der Waals surface area contributed by atoms with Crippen molar-refractivity contribution in [1.82, 2.24) is 9.47 Å². The van der Waals surface area contributed by atoms with E-state index in [1.165, 1.54) is 54.3 Å². The maximum Gasteiger partial charge on any atom is 0.341 e. The monoisotopic (exact) mass is 469 g/mol. The van der Waals surface area contributed by atoms with E-state index in [4.69, 9.17) is 0 Å². The molecule has 34 heavy (non-hydrogen) atoms. The van der Waals surface area contributed by atoms with Gasteiger partial charge in [-0.1, -0.05) is 26.2 Å². The van der Waals surface area contributed by atoms with Crippen LogP contribution in [-0.4, -0.2) is 53.3 Å². The highest BCUT2D eigenvalue weighted by molar-refractivity contribution is 5.94. The van der Waals surface area contributed by atoms with E-state index < -0.39 is 28.6 Å². The van der Waals surface area contributed by atoms with Crippen molar-refractivity contribution in [1.29, 1.82) is 0 Å². The maximum absolute atomic E-state index is 15.2. The summed E-state index contributed by atoms with van der Waals surface area (Å²) in [6.45, 7) is 6.19. The van der Waals surface area contributed by atoms with Crippen LogP contribution < -0.4 is 10.3 Å². The van der Waals surface area contributed by atoms with Gasteiger partial charge < -0.3 is 14.6 Å². The minimum absolute atomic E-state index is 0.0277. The number of pyridine rings is 1. The number of anilines is 1. The molecular weight excluding hydrogens is 440 g/mol. The largest absolute Gasteiger partial charge is 0.477 e. The van der Waals surface area contributed by atoms with Crippen molar-refractivity contribution in [3.63, 3.8) is 0 Å². The third-order valence-corrected chi connectivity index (χ3v) is 6.45. The number of carboxylic acid groups (broad SMARTS) is 1. The molecule has 1 fully saturated rings. The van der Waals surface area contributed by atoms with Gasteiger partial charge in [0.15, 0.2) is 0 Å². The lowest BCUT2D eigenvalue weighted by atomic mass is 10.1. The van der Waals surface area contributed by atoms with Crippen molar-refractivity contribution >= 4 is 22.6 Å². The SMILES string of the molecule is CCCCCCN1CCN(c2cc3c(cc2F)c(=O)c(C(=O)O)cn3-c2ccc(F)cc2)CC1. The lowest BCUT2D eigenvalue weighted by molar-refractivity contribution is 0.0695. The summed E-state index contributed by atoms with van der Waals surface area (Å²) in [6.07, 6.45) is 6.03. The van der Waals surface area contributed by atoms with Gasteiger partial charge in [-0.25, -0.2) is 13.6 Å². The molecule has 1 N–H and O–H groups in total. The number of nitrogens with zero attached hydrogens (tertiary/aromatic N) is 3. The molecule has 1 saturated heterocycles. The molecule has 1 aliphatic rings. The van der Waals surface area contributed by atoms with Crippen molar-refractivity contribution in [2.75, 3.05) is 37.6 Å². The second-order valence-electron chi connectivity index (χ2n) is 8.73. The van der Waals surface area contributed by atoms with E-state index in [1.54, 1.807) is 6.07 Å². The number of fused-ring (bicyclic) bond motifs is 1. The fourth-order valence-electron chi connectivity index (χ4n) is 4.52. The van der Waals surface area contributed by atoms with Crippen LogP contribution in [0.3, 0.4) is 0 Å². The van der Waals surface area contributed by atoms with E-state index in [0.717, 1.165) is 32.1 Å². The Bertz CT molecular complexity index is 1230. The summed E-state index contributed by atoms with van der Waals surface area (Å²) in [4.78, 5) is 28.8. The highest BCUT2D eigenvalue weighted by Gasteiger charge is 2.23. The molecule has 4 rings (SSSR count). The Labute approximate surface area is 197 Å². The van der Waals surface area contributed by atoms with Gasteiger partial charge in [0.25, 0.3) is 0 Å². The van der Waals surface area contributed by atoms with Crippen LogP contribution in [0.15, 0.2) is 47.4 Å². The van der Waals surface area contributed by atoms with Gasteiger partial charge in [-0.15, -0.1) is 0 Å². The molecule has 0 spiro atoms. The molecule has 0 amide bonds. The maximum atomic E-state index is 15.2. The number of hydrogen-bond acceptors (Lipinski definition) is 4. The number of carbonyl (C=O) groups is 1. The van der Waals surface area contributed by atoms with Gasteiger partial charge in [0, 0.05) is 43.4 Å². The Morgan fingerprint density at radius 1 is 1.00 bits per heavy atom. The fourth-order valence-corrected chi connectivity index (χ4v) is 4.52. The zero-order valence-corrected chi connectivity index (χ0v) is 19.3. The van der Waals surface area contributed by atoms with E-state index >= 15 is 4.39 Å². The summed E-state index contributed by atoms with van der Waals surface area (Å²) in [5, 5.41) is 9.48. The molecule has 0 saturated carbocycles. The number of aromatic carboxylic acids is 1. The molecule has 0 bridgehead atoms. The average Bonchev–Trinajstić information content (AvgIpc) is 2.83. The number of benzene rings is 2. The highest BCUT2D eigenvalue weighted by Crippen LogP contribution is 2.28. The van der Waals surface area contributed by atoms with Crippen LogP contribution in [0.5, 0.6) is 0 Å². The van der Waals surface area contributed by atoms with Crippen molar-refractivity contribution < 1.29 is 18.7 Å². The third-order valence-electron chi connectivity index (χ3n) is 6.45. The Morgan fingerprint density at radius 3 is 2.35 bits per heavy atom. The number of carboxylic acids is 1. The zero-order valence-electron chi connectivity index (χ0n) is 19.3. The summed E-state index contributed by atoms with van der Waals surface area (Å²) in [5.41, 5.74) is 0.00343. The van der Waals surface area contributed by atoms with E-state index in [9.17, 15) is 19.1 Å². The molecule has 6 nitrogen and oxygen atoms in total. The minimum atomic E-state index is -1.40. The average molecular weight is 470 g/mol. The molecular formula is C26H29F2N3O3. The van der Waals surface area contributed by atoms with Gasteiger partial charge in [-0.05, 0) is 49.4 Å². The number of unbranched alkanes of at least 4 members (excludes halogenated alkanes) is 3. The van der Waals surface area contributed by atoms with Crippen molar-refractivity contribution in [3.8, 4) is 5.69 Å². The molecule has 0 atom stereocenters. The molecule has 0 aliphatic carbocycles. The van der Waals surface area contributed by atoms with Crippen LogP contribution in [0, 0.1) is 11.6 Å². The standard InChI is InChI=1S/C26H29F2N3O3/c1-2-3-4-5-10-29-11-13-30(14-12-29)24-16-23-20(15-22(24)28)25(32)21(26(33)34)17-31(23)19-8-6-18(27)7-9-19/h6-9,15-17H,2-5,10-14H2,1H3,(H,33,34). The zero-order chi connectivity index (χ0) is 24.2. The molecule has 0 radical (unpaired) electrons. The molecule has 2 heterocycles. The molecule has 8 heteroatoms. The van der Waals surface area contributed by atoms with Gasteiger partial charge in [-0.3, -0.25) is 9.69 Å². The molecule has 0 unspecified atom stereocenters. The summed E-state index contributed by atoms with van der Waals surface area (Å²) in [5.74, 6) is -2.40.